The number of nitrogens with one attached hydrogen (secondary N) is 2. The van der Waals surface area contributed by atoms with Crippen LogP contribution in [0.5, 0.6) is 5.75 Å². The first-order valence-corrected chi connectivity index (χ1v) is 7.98. The lowest BCUT2D eigenvalue weighted by atomic mass is 10.1. The Labute approximate surface area is 128 Å². The second-order valence-electron chi connectivity index (χ2n) is 5.02. The first-order chi connectivity index (χ1) is 10.3. The molecule has 0 saturated carbocycles. The second kappa shape index (κ2) is 6.63. The van der Waals surface area contributed by atoms with E-state index in [1.807, 2.05) is 29.6 Å². The van der Waals surface area contributed by atoms with Gasteiger partial charge in [-0.05, 0) is 29.5 Å². The molecule has 0 radical (unpaired) electrons. The van der Waals surface area contributed by atoms with Gasteiger partial charge in [0.2, 0.25) is 0 Å². The van der Waals surface area contributed by atoms with Gasteiger partial charge in [0, 0.05) is 17.8 Å². The predicted octanol–water partition coefficient (Wildman–Crippen LogP) is 2.59. The van der Waals surface area contributed by atoms with E-state index in [0.717, 1.165) is 18.6 Å². The van der Waals surface area contributed by atoms with Crippen molar-refractivity contribution in [1.82, 2.24) is 10.6 Å². The minimum absolute atomic E-state index is 0.0328. The van der Waals surface area contributed by atoms with Gasteiger partial charge in [0.15, 0.2) is 0 Å². The van der Waals surface area contributed by atoms with Crippen molar-refractivity contribution in [2.45, 2.75) is 18.9 Å². The number of amides is 2. The van der Waals surface area contributed by atoms with Crippen molar-refractivity contribution in [3.63, 3.8) is 0 Å². The molecule has 1 aromatic heterocycles. The van der Waals surface area contributed by atoms with Gasteiger partial charge in [0.05, 0.1) is 6.54 Å². The highest BCUT2D eigenvalue weighted by Gasteiger charge is 2.22. The number of rotatable bonds is 5. The number of ether oxygens (including phenoxy) is 1. The summed E-state index contributed by atoms with van der Waals surface area (Å²) in [6, 6.07) is 12.0. The van der Waals surface area contributed by atoms with Crippen molar-refractivity contribution >= 4 is 17.4 Å². The molecule has 21 heavy (non-hydrogen) atoms. The van der Waals surface area contributed by atoms with Crippen LogP contribution < -0.4 is 15.4 Å². The number of urea groups is 1. The van der Waals surface area contributed by atoms with E-state index in [1.54, 1.807) is 11.3 Å². The molecule has 3 rings (SSSR count). The molecule has 0 fully saturated rings. The van der Waals surface area contributed by atoms with Crippen LogP contribution in [-0.4, -0.2) is 25.2 Å². The van der Waals surface area contributed by atoms with E-state index in [0.29, 0.717) is 13.1 Å². The Hall–Kier alpha value is -2.01. The van der Waals surface area contributed by atoms with Crippen molar-refractivity contribution in [1.29, 1.82) is 0 Å². The number of hydrogen-bond acceptors (Lipinski definition) is 3. The minimum atomic E-state index is -0.133. The molecule has 0 unspecified atom stereocenters. The average molecular weight is 302 g/mol. The zero-order chi connectivity index (χ0) is 14.5. The molecule has 1 aliphatic rings. The molecule has 110 valence electrons. The lowest BCUT2D eigenvalue weighted by Gasteiger charge is -2.12. The van der Waals surface area contributed by atoms with E-state index < -0.39 is 0 Å². The van der Waals surface area contributed by atoms with Crippen LogP contribution in [0.3, 0.4) is 0 Å². The summed E-state index contributed by atoms with van der Waals surface area (Å²) in [6.45, 7) is 1.18. The normalized spacial score (nSPS) is 16.1. The topological polar surface area (TPSA) is 50.4 Å². The fraction of sp³-hybridized carbons (Fsp3) is 0.312. The van der Waals surface area contributed by atoms with Crippen molar-refractivity contribution < 1.29 is 9.53 Å². The Morgan fingerprint density at radius 1 is 1.24 bits per heavy atom. The summed E-state index contributed by atoms with van der Waals surface area (Å²) >= 11 is 1.71. The maximum atomic E-state index is 11.7. The number of fused-ring (bicyclic) bond motifs is 1. The number of hydrogen-bond donors (Lipinski definition) is 2. The van der Waals surface area contributed by atoms with E-state index in [4.69, 9.17) is 4.74 Å². The van der Waals surface area contributed by atoms with Gasteiger partial charge in [-0.1, -0.05) is 24.3 Å². The van der Waals surface area contributed by atoms with Gasteiger partial charge in [-0.2, -0.15) is 0 Å². The van der Waals surface area contributed by atoms with Gasteiger partial charge in [0.25, 0.3) is 0 Å². The molecule has 0 aliphatic carbocycles. The molecule has 2 heterocycles. The smallest absolute Gasteiger partial charge is 0.314 e. The molecule has 1 aliphatic heterocycles. The van der Waals surface area contributed by atoms with Crippen LogP contribution in [0, 0.1) is 0 Å². The van der Waals surface area contributed by atoms with Gasteiger partial charge >= 0.3 is 6.03 Å². The zero-order valence-corrected chi connectivity index (χ0v) is 12.5. The quantitative estimate of drug-likeness (QED) is 0.892. The van der Waals surface area contributed by atoms with E-state index in [2.05, 4.69) is 22.8 Å². The van der Waals surface area contributed by atoms with Gasteiger partial charge < -0.3 is 15.4 Å². The summed E-state index contributed by atoms with van der Waals surface area (Å²) in [5.41, 5.74) is 1.21. The third kappa shape index (κ3) is 3.76. The largest absolute Gasteiger partial charge is 0.488 e. The van der Waals surface area contributed by atoms with Crippen LogP contribution in [0.25, 0.3) is 0 Å². The maximum absolute atomic E-state index is 11.7. The number of carbonyl (C=O) groups is 1. The summed E-state index contributed by atoms with van der Waals surface area (Å²) in [6.07, 6.45) is 1.76. The predicted molar refractivity (Wildman–Crippen MR) is 84.0 cm³/mol. The van der Waals surface area contributed by atoms with E-state index in [9.17, 15) is 4.79 Å². The van der Waals surface area contributed by atoms with Crippen LogP contribution in [0.1, 0.15) is 10.4 Å². The fourth-order valence-electron chi connectivity index (χ4n) is 2.39. The standard InChI is InChI=1S/C16H18N2O2S/c19-16(17-8-7-14-5-3-9-21-14)18-11-13-10-12-4-1-2-6-15(12)20-13/h1-6,9,13H,7-8,10-11H2,(H2,17,18,19)/t13-/m0/s1. The molecule has 0 spiro atoms. The number of carbonyl (C=O) groups excluding carboxylic acids is 1. The third-order valence-electron chi connectivity index (χ3n) is 3.44. The van der Waals surface area contributed by atoms with Crippen LogP contribution in [0.15, 0.2) is 41.8 Å². The maximum Gasteiger partial charge on any atom is 0.314 e. The molecule has 2 amide bonds. The van der Waals surface area contributed by atoms with E-state index in [1.165, 1.54) is 10.4 Å². The van der Waals surface area contributed by atoms with Crippen LogP contribution >= 0.6 is 11.3 Å². The fourth-order valence-corrected chi connectivity index (χ4v) is 3.10. The molecule has 2 N–H and O–H groups in total. The Kier molecular flexibility index (Phi) is 4.40. The van der Waals surface area contributed by atoms with E-state index in [-0.39, 0.29) is 12.1 Å². The molecule has 5 heteroatoms. The Bertz CT molecular complexity index is 573. The Balaban J connectivity index is 1.35. The Morgan fingerprint density at radius 2 is 2.14 bits per heavy atom. The summed E-state index contributed by atoms with van der Waals surface area (Å²) in [7, 11) is 0. The monoisotopic (exact) mass is 302 g/mol. The van der Waals surface area contributed by atoms with Gasteiger partial charge in [0.1, 0.15) is 11.9 Å². The zero-order valence-electron chi connectivity index (χ0n) is 11.7. The molecular formula is C16H18N2O2S. The molecule has 1 atom stereocenters. The second-order valence-corrected chi connectivity index (χ2v) is 6.05. The molecule has 2 aromatic rings. The number of para-hydroxylation sites is 1. The van der Waals surface area contributed by atoms with Crippen molar-refractivity contribution in [2.24, 2.45) is 0 Å². The summed E-state index contributed by atoms with van der Waals surface area (Å²) in [4.78, 5) is 13.0. The van der Waals surface area contributed by atoms with Crippen molar-refractivity contribution in [3.05, 3.63) is 52.2 Å². The first-order valence-electron chi connectivity index (χ1n) is 7.10. The third-order valence-corrected chi connectivity index (χ3v) is 4.38. The van der Waals surface area contributed by atoms with Gasteiger partial charge in [-0.3, -0.25) is 0 Å². The first kappa shape index (κ1) is 13.9. The van der Waals surface area contributed by atoms with Crippen molar-refractivity contribution in [2.75, 3.05) is 13.1 Å². The highest BCUT2D eigenvalue weighted by molar-refractivity contribution is 7.09. The molecule has 0 bridgehead atoms. The SMILES string of the molecule is O=C(NCCc1cccs1)NC[C@@H]1Cc2ccccc2O1. The summed E-state index contributed by atoms with van der Waals surface area (Å²) < 4.78 is 5.78. The molecule has 1 aromatic carbocycles. The van der Waals surface area contributed by atoms with Crippen LogP contribution in [-0.2, 0) is 12.8 Å². The molecule has 4 nitrogen and oxygen atoms in total. The minimum Gasteiger partial charge on any atom is -0.488 e. The molecular weight excluding hydrogens is 284 g/mol. The van der Waals surface area contributed by atoms with Crippen LogP contribution in [0.2, 0.25) is 0 Å². The number of benzene rings is 1. The highest BCUT2D eigenvalue weighted by atomic mass is 32.1. The van der Waals surface area contributed by atoms with Gasteiger partial charge in [-0.15, -0.1) is 11.3 Å². The van der Waals surface area contributed by atoms with Crippen molar-refractivity contribution in [3.8, 4) is 5.75 Å². The average Bonchev–Trinajstić information content (AvgIpc) is 3.13. The summed E-state index contributed by atoms with van der Waals surface area (Å²) in [5, 5.41) is 7.78. The Morgan fingerprint density at radius 3 is 2.95 bits per heavy atom. The van der Waals surface area contributed by atoms with E-state index >= 15 is 0 Å². The van der Waals surface area contributed by atoms with Gasteiger partial charge in [-0.25, -0.2) is 4.79 Å². The number of thiophene rings is 1. The molecule has 0 saturated heterocycles. The highest BCUT2D eigenvalue weighted by Crippen LogP contribution is 2.27. The lowest BCUT2D eigenvalue weighted by Crippen LogP contribution is -2.41. The summed E-state index contributed by atoms with van der Waals surface area (Å²) in [5.74, 6) is 0.933. The van der Waals surface area contributed by atoms with Crippen LogP contribution in [0.4, 0.5) is 4.79 Å². The lowest BCUT2D eigenvalue weighted by molar-refractivity contribution is 0.214.